The highest BCUT2D eigenvalue weighted by Gasteiger charge is 2.74. The molecule has 3 saturated heterocycles. The average molecular weight is 446 g/mol. The summed E-state index contributed by atoms with van der Waals surface area (Å²) in [6.07, 6.45) is 1.56. The zero-order chi connectivity index (χ0) is 23.2. The summed E-state index contributed by atoms with van der Waals surface area (Å²) in [6.45, 7) is 4.28. The molecule has 1 N–H and O–H groups in total. The number of rotatable bonds is 2. The highest BCUT2D eigenvalue weighted by molar-refractivity contribution is 6.26. The normalized spacial score (nSPS) is 30.1. The Hall–Kier alpha value is -3.59. The fraction of sp³-hybridized carbons (Fsp3) is 0.375. The van der Waals surface area contributed by atoms with Crippen LogP contribution in [0.2, 0.25) is 0 Å². The summed E-state index contributed by atoms with van der Waals surface area (Å²) in [7, 11) is 0. The molecule has 4 heterocycles. The summed E-state index contributed by atoms with van der Waals surface area (Å²) in [5, 5.41) is 14.3. The van der Waals surface area contributed by atoms with Gasteiger partial charge in [0.2, 0.25) is 17.7 Å². The number of non-ortho nitro benzene ring substituents is 1. The molecule has 4 atom stereocenters. The number of nitrogens with one attached hydrogen (secondary N) is 1. The molecule has 0 aromatic heterocycles. The number of imide groups is 1. The number of nitro benzene ring substituents is 1. The number of amides is 3. The van der Waals surface area contributed by atoms with Crippen LogP contribution < -0.4 is 10.2 Å². The average Bonchev–Trinajstić information content (AvgIpc) is 3.47. The van der Waals surface area contributed by atoms with Gasteiger partial charge in [0.1, 0.15) is 5.54 Å². The molecular weight excluding hydrogens is 424 g/mol. The minimum atomic E-state index is -1.25. The predicted octanol–water partition coefficient (Wildman–Crippen LogP) is 2.64. The summed E-state index contributed by atoms with van der Waals surface area (Å²) in [4.78, 5) is 55.4. The fourth-order valence-electron chi connectivity index (χ4n) is 6.51. The molecule has 2 aromatic rings. The second-order valence-corrected chi connectivity index (χ2v) is 9.42. The van der Waals surface area contributed by atoms with E-state index in [0.717, 1.165) is 28.9 Å². The Labute approximate surface area is 189 Å². The number of fused-ring (bicyclic) bond motifs is 7. The van der Waals surface area contributed by atoms with Crippen LogP contribution in [-0.2, 0) is 19.9 Å². The van der Waals surface area contributed by atoms with Gasteiger partial charge in [-0.05, 0) is 44.9 Å². The van der Waals surface area contributed by atoms with E-state index in [1.165, 1.54) is 12.1 Å². The quantitative estimate of drug-likeness (QED) is 0.431. The Morgan fingerprint density at radius 3 is 2.64 bits per heavy atom. The molecular formula is C24H22N4O5. The number of nitro groups is 1. The third-order valence-electron chi connectivity index (χ3n) is 7.79. The standard InChI is InChI=1S/C24H22N4O5/c1-12-5-8-16-15(10-12)24(23(31)25-16)20-19(17-4-3-9-26(17)24)21(29)27(22(20)30)18-11-14(28(32)33)7-6-13(18)2/h5-8,10-11,17,19-20H,3-4,9H2,1-2H3,(H,25,31)/t17-,19-,20+,24-/m1/s1. The third-order valence-corrected chi connectivity index (χ3v) is 7.79. The first-order valence-electron chi connectivity index (χ1n) is 11.1. The molecule has 0 unspecified atom stereocenters. The topological polar surface area (TPSA) is 113 Å². The SMILES string of the molecule is Cc1ccc2c(c1)[C@]1(C(=O)N2)[C@@H]2C(=O)N(c3cc([N+](=O)[O-])ccc3C)C(=O)[C@@H]2[C@H]2CCCN21. The lowest BCUT2D eigenvalue weighted by Crippen LogP contribution is -2.54. The van der Waals surface area contributed by atoms with Gasteiger partial charge in [-0.2, -0.15) is 0 Å². The van der Waals surface area contributed by atoms with E-state index in [9.17, 15) is 24.5 Å². The number of hydrogen-bond donors (Lipinski definition) is 1. The Morgan fingerprint density at radius 2 is 1.88 bits per heavy atom. The van der Waals surface area contributed by atoms with Crippen molar-refractivity contribution in [3.8, 4) is 0 Å². The van der Waals surface area contributed by atoms with Gasteiger partial charge in [-0.1, -0.05) is 23.8 Å². The van der Waals surface area contributed by atoms with E-state index >= 15 is 0 Å². The van der Waals surface area contributed by atoms with Crippen LogP contribution in [0.5, 0.6) is 0 Å². The zero-order valence-corrected chi connectivity index (χ0v) is 18.2. The van der Waals surface area contributed by atoms with Crippen molar-refractivity contribution >= 4 is 34.8 Å². The molecule has 0 radical (unpaired) electrons. The van der Waals surface area contributed by atoms with Crippen molar-refractivity contribution in [1.29, 1.82) is 0 Å². The number of aryl methyl sites for hydroxylation is 2. The van der Waals surface area contributed by atoms with Gasteiger partial charge in [0.05, 0.1) is 22.4 Å². The molecule has 0 aliphatic carbocycles. The van der Waals surface area contributed by atoms with Crippen LogP contribution in [0.25, 0.3) is 0 Å². The summed E-state index contributed by atoms with van der Waals surface area (Å²) in [5.41, 5.74) is 1.75. The maximum absolute atomic E-state index is 14.0. The molecule has 168 valence electrons. The van der Waals surface area contributed by atoms with E-state index in [-0.39, 0.29) is 29.2 Å². The van der Waals surface area contributed by atoms with E-state index in [0.29, 0.717) is 17.8 Å². The van der Waals surface area contributed by atoms with Crippen molar-refractivity contribution in [2.24, 2.45) is 11.8 Å². The Bertz CT molecular complexity index is 1290. The van der Waals surface area contributed by atoms with Gasteiger partial charge in [-0.15, -0.1) is 0 Å². The maximum Gasteiger partial charge on any atom is 0.271 e. The highest BCUT2D eigenvalue weighted by Crippen LogP contribution is 2.60. The van der Waals surface area contributed by atoms with Crippen LogP contribution in [0.4, 0.5) is 17.1 Å². The Balaban J connectivity index is 1.56. The molecule has 33 heavy (non-hydrogen) atoms. The number of carbonyl (C=O) groups excluding carboxylic acids is 3. The smallest absolute Gasteiger partial charge is 0.271 e. The molecule has 1 spiro atoms. The number of anilines is 2. The summed E-state index contributed by atoms with van der Waals surface area (Å²) < 4.78 is 0. The van der Waals surface area contributed by atoms with E-state index in [1.54, 1.807) is 13.0 Å². The molecule has 4 aliphatic heterocycles. The number of nitrogens with zero attached hydrogens (tertiary/aromatic N) is 3. The van der Waals surface area contributed by atoms with Crippen molar-refractivity contribution in [3.05, 3.63) is 63.2 Å². The molecule has 9 heteroatoms. The Morgan fingerprint density at radius 1 is 1.09 bits per heavy atom. The number of benzene rings is 2. The second-order valence-electron chi connectivity index (χ2n) is 9.42. The van der Waals surface area contributed by atoms with Crippen LogP contribution in [-0.4, -0.2) is 40.1 Å². The second kappa shape index (κ2) is 6.48. The number of hydrogen-bond acceptors (Lipinski definition) is 6. The molecule has 0 bridgehead atoms. The summed E-state index contributed by atoms with van der Waals surface area (Å²) in [6, 6.07) is 9.64. The van der Waals surface area contributed by atoms with Crippen molar-refractivity contribution in [1.82, 2.24) is 4.90 Å². The molecule has 2 aromatic carbocycles. The highest BCUT2D eigenvalue weighted by atomic mass is 16.6. The number of carbonyl (C=O) groups is 3. The molecule has 4 aliphatic rings. The van der Waals surface area contributed by atoms with E-state index < -0.39 is 28.2 Å². The first-order chi connectivity index (χ1) is 15.8. The van der Waals surface area contributed by atoms with Crippen molar-refractivity contribution in [2.75, 3.05) is 16.8 Å². The van der Waals surface area contributed by atoms with Crippen LogP contribution in [0, 0.1) is 35.8 Å². The summed E-state index contributed by atoms with van der Waals surface area (Å²) in [5.74, 6) is -2.67. The molecule has 0 saturated carbocycles. The molecule has 9 nitrogen and oxygen atoms in total. The van der Waals surface area contributed by atoms with Crippen LogP contribution >= 0.6 is 0 Å². The van der Waals surface area contributed by atoms with E-state index in [4.69, 9.17) is 0 Å². The first-order valence-corrected chi connectivity index (χ1v) is 11.1. The lowest BCUT2D eigenvalue weighted by molar-refractivity contribution is -0.384. The Kier molecular flexibility index (Phi) is 3.93. The van der Waals surface area contributed by atoms with Gasteiger partial charge < -0.3 is 5.32 Å². The van der Waals surface area contributed by atoms with Crippen molar-refractivity contribution in [3.63, 3.8) is 0 Å². The largest absolute Gasteiger partial charge is 0.324 e. The monoisotopic (exact) mass is 446 g/mol. The lowest BCUT2D eigenvalue weighted by Gasteiger charge is -2.36. The van der Waals surface area contributed by atoms with E-state index in [2.05, 4.69) is 10.2 Å². The zero-order valence-electron chi connectivity index (χ0n) is 18.2. The van der Waals surface area contributed by atoms with Crippen LogP contribution in [0.15, 0.2) is 36.4 Å². The minimum Gasteiger partial charge on any atom is -0.324 e. The first kappa shape index (κ1) is 20.0. The predicted molar refractivity (Wildman–Crippen MR) is 119 cm³/mol. The lowest BCUT2D eigenvalue weighted by atomic mass is 9.75. The molecule has 3 amide bonds. The summed E-state index contributed by atoms with van der Waals surface area (Å²) >= 11 is 0. The van der Waals surface area contributed by atoms with Gasteiger partial charge >= 0.3 is 0 Å². The van der Waals surface area contributed by atoms with Crippen LogP contribution in [0.1, 0.15) is 29.5 Å². The minimum absolute atomic E-state index is 0.190. The molecule has 3 fully saturated rings. The van der Waals surface area contributed by atoms with Gasteiger partial charge in [0.25, 0.3) is 5.69 Å². The van der Waals surface area contributed by atoms with Crippen LogP contribution in [0.3, 0.4) is 0 Å². The van der Waals surface area contributed by atoms with Crippen molar-refractivity contribution in [2.45, 2.75) is 38.3 Å². The third kappa shape index (κ3) is 2.32. The van der Waals surface area contributed by atoms with Gasteiger partial charge in [-0.3, -0.25) is 29.4 Å². The van der Waals surface area contributed by atoms with Gasteiger partial charge in [-0.25, -0.2) is 4.90 Å². The van der Waals surface area contributed by atoms with Crippen molar-refractivity contribution < 1.29 is 19.3 Å². The van der Waals surface area contributed by atoms with E-state index in [1.807, 2.05) is 25.1 Å². The molecule has 6 rings (SSSR count). The maximum atomic E-state index is 14.0. The van der Waals surface area contributed by atoms with Gasteiger partial charge in [0, 0.05) is 29.4 Å². The fourth-order valence-corrected chi connectivity index (χ4v) is 6.51. The van der Waals surface area contributed by atoms with Gasteiger partial charge in [0.15, 0.2) is 0 Å².